The number of benzene rings is 2. The van der Waals surface area contributed by atoms with E-state index < -0.39 is 61.7 Å². The molecule has 2 atom stereocenters. The van der Waals surface area contributed by atoms with Crippen LogP contribution >= 0.6 is 0 Å². The fraction of sp³-hybridized carbons (Fsp3) is 0.537. The monoisotopic (exact) mass is 816 g/mol. The van der Waals surface area contributed by atoms with E-state index in [0.717, 1.165) is 0 Å². The Bertz CT molecular complexity index is 1720. The molecule has 0 bridgehead atoms. The molecule has 314 valence electrons. The van der Waals surface area contributed by atoms with Gasteiger partial charge in [-0.05, 0) is 101 Å². The van der Waals surface area contributed by atoms with Crippen molar-refractivity contribution in [2.45, 2.75) is 72.8 Å². The molecule has 0 saturated carbocycles. The summed E-state index contributed by atoms with van der Waals surface area (Å²) in [5.74, 6) is -2.08. The van der Waals surface area contributed by atoms with E-state index in [9.17, 15) is 24.0 Å². The molecule has 2 aromatic carbocycles. The number of carbonyl (C=O) groups excluding carboxylic acids is 5. The lowest BCUT2D eigenvalue weighted by molar-refractivity contribution is -0.171. The smallest absolute Gasteiger partial charge is 0.493 e. The lowest BCUT2D eigenvalue weighted by Gasteiger charge is -2.39. The lowest BCUT2D eigenvalue weighted by atomic mass is 9.65. The van der Waals surface area contributed by atoms with Crippen LogP contribution in [-0.2, 0) is 51.4 Å². The number of hydrogen-bond donors (Lipinski definition) is 0. The molecule has 1 aliphatic heterocycles. The summed E-state index contributed by atoms with van der Waals surface area (Å²) in [5.41, 5.74) is -2.72. The summed E-state index contributed by atoms with van der Waals surface area (Å²) < 4.78 is 55.2. The average Bonchev–Trinajstić information content (AvgIpc) is 3.20. The number of esters is 5. The summed E-state index contributed by atoms with van der Waals surface area (Å²) in [5, 5.41) is 0. The number of cyclic esters (lactones) is 2. The van der Waals surface area contributed by atoms with Crippen LogP contribution in [0, 0.1) is 16.2 Å². The van der Waals surface area contributed by atoms with Crippen LogP contribution in [0.15, 0.2) is 48.5 Å². The van der Waals surface area contributed by atoms with E-state index in [2.05, 4.69) is 4.74 Å². The van der Waals surface area contributed by atoms with Crippen LogP contribution < -0.4 is 14.2 Å². The quantitative estimate of drug-likeness (QED) is 0.0515. The third-order valence-electron chi connectivity index (χ3n) is 9.77. The molecular formula is C41H56O15Si. The molecule has 57 heavy (non-hydrogen) atoms. The summed E-state index contributed by atoms with van der Waals surface area (Å²) in [4.78, 5) is 65.1. The van der Waals surface area contributed by atoms with Gasteiger partial charge in [0.15, 0.2) is 11.5 Å². The fourth-order valence-corrected chi connectivity index (χ4v) is 8.47. The number of carbonyl (C=O) groups is 5. The van der Waals surface area contributed by atoms with Gasteiger partial charge < -0.3 is 46.4 Å². The van der Waals surface area contributed by atoms with Crippen molar-refractivity contribution in [2.75, 3.05) is 55.1 Å². The maximum Gasteiger partial charge on any atom is 0.500 e. The fourth-order valence-electron chi connectivity index (χ4n) is 6.48. The zero-order valence-corrected chi connectivity index (χ0v) is 35.4. The lowest BCUT2D eigenvalue weighted by Crippen LogP contribution is -2.44. The Labute approximate surface area is 335 Å². The highest BCUT2D eigenvalue weighted by Crippen LogP contribution is 2.46. The van der Waals surface area contributed by atoms with Gasteiger partial charge in [0, 0.05) is 39.4 Å². The van der Waals surface area contributed by atoms with Crippen molar-refractivity contribution in [3.63, 3.8) is 0 Å². The molecule has 3 rings (SSSR count). The molecule has 0 aromatic heterocycles. The maximum absolute atomic E-state index is 13.8. The largest absolute Gasteiger partial charge is 0.500 e. The molecule has 0 spiro atoms. The van der Waals surface area contributed by atoms with Crippen LogP contribution in [0.4, 0.5) is 0 Å². The number of ether oxygens (including phenoxy) is 7. The minimum atomic E-state index is -2.99. The predicted octanol–water partition coefficient (Wildman–Crippen LogP) is 6.34. The Hall–Kier alpha value is -4.77. The zero-order chi connectivity index (χ0) is 42.3. The maximum atomic E-state index is 13.8. The molecule has 16 heteroatoms. The van der Waals surface area contributed by atoms with E-state index in [1.54, 1.807) is 45.9 Å². The predicted molar refractivity (Wildman–Crippen MR) is 208 cm³/mol. The normalized spacial score (nSPS) is 20.1. The Kier molecular flexibility index (Phi) is 17.3. The first kappa shape index (κ1) is 46.6. The molecule has 2 unspecified atom stereocenters. The molecule has 0 amide bonds. The van der Waals surface area contributed by atoms with Gasteiger partial charge in [0.1, 0.15) is 5.75 Å². The summed E-state index contributed by atoms with van der Waals surface area (Å²) in [6.45, 7) is 8.56. The van der Waals surface area contributed by atoms with Crippen LogP contribution in [0.2, 0.25) is 6.04 Å². The van der Waals surface area contributed by atoms with E-state index in [0.29, 0.717) is 36.6 Å². The summed E-state index contributed by atoms with van der Waals surface area (Å²) in [6, 6.07) is 11.3. The van der Waals surface area contributed by atoms with Gasteiger partial charge in [-0.25, -0.2) is 9.59 Å². The summed E-state index contributed by atoms with van der Waals surface area (Å²) >= 11 is 0. The molecule has 15 nitrogen and oxygen atoms in total. The second-order valence-electron chi connectivity index (χ2n) is 14.8. The molecule has 1 aliphatic rings. The van der Waals surface area contributed by atoms with E-state index in [1.165, 1.54) is 64.9 Å². The third-order valence-corrected chi connectivity index (χ3v) is 12.6. The zero-order valence-electron chi connectivity index (χ0n) is 34.4. The van der Waals surface area contributed by atoms with Gasteiger partial charge in [0.05, 0.1) is 49.2 Å². The molecular weight excluding hydrogens is 761 g/mol. The highest BCUT2D eigenvalue weighted by atomic mass is 28.4. The number of methoxy groups -OCH3 is 2. The number of hydrogen-bond acceptors (Lipinski definition) is 15. The van der Waals surface area contributed by atoms with Crippen LogP contribution in [0.3, 0.4) is 0 Å². The van der Waals surface area contributed by atoms with Crippen molar-refractivity contribution in [2.24, 2.45) is 16.2 Å². The second kappa shape index (κ2) is 21.1. The van der Waals surface area contributed by atoms with E-state index in [-0.39, 0.29) is 49.7 Å². The van der Waals surface area contributed by atoms with Crippen molar-refractivity contribution in [1.29, 1.82) is 0 Å². The van der Waals surface area contributed by atoms with Crippen LogP contribution in [0.5, 0.6) is 17.2 Å². The van der Waals surface area contributed by atoms with Crippen molar-refractivity contribution < 1.29 is 70.4 Å². The first-order valence-corrected chi connectivity index (χ1v) is 20.6. The van der Waals surface area contributed by atoms with Gasteiger partial charge >= 0.3 is 38.7 Å². The van der Waals surface area contributed by atoms with E-state index in [1.807, 2.05) is 6.92 Å². The molecule has 1 fully saturated rings. The minimum Gasteiger partial charge on any atom is -0.493 e. The molecule has 2 aromatic rings. The Morgan fingerprint density at radius 1 is 0.877 bits per heavy atom. The molecule has 0 N–H and O–H groups in total. The van der Waals surface area contributed by atoms with Crippen LogP contribution in [0.1, 0.15) is 82.6 Å². The van der Waals surface area contributed by atoms with Crippen LogP contribution in [-0.4, -0.2) is 93.7 Å². The van der Waals surface area contributed by atoms with Crippen LogP contribution in [0.25, 0.3) is 6.08 Å². The van der Waals surface area contributed by atoms with Crippen molar-refractivity contribution >= 4 is 44.7 Å². The summed E-state index contributed by atoms with van der Waals surface area (Å²) in [7, 11) is 2.74. The van der Waals surface area contributed by atoms with Gasteiger partial charge in [0.2, 0.25) is 6.79 Å². The van der Waals surface area contributed by atoms with Crippen molar-refractivity contribution in [1.82, 2.24) is 0 Å². The standard InChI is InChI=1S/C41H56O15Si/c1-10-40(4,27-41(5)26-39(2,3)36(44)51-22-12-24-57(49-8,50-9)55-23-11-21-52-38(41)46)37(45)54-28-53-31-17-15-30(16-18-31)35(43)56-32-19-13-29(25-33(32)47-6)14-20-34(42)48-7/h13-20,25H,10-12,21-24,26-28H2,1-9H3/b20-14+. The van der Waals surface area contributed by atoms with Gasteiger partial charge in [-0.1, -0.05) is 13.0 Å². The number of rotatable bonds is 14. The first-order valence-electron chi connectivity index (χ1n) is 18.6. The molecule has 0 radical (unpaired) electrons. The van der Waals surface area contributed by atoms with E-state index in [4.69, 9.17) is 41.7 Å². The van der Waals surface area contributed by atoms with Crippen molar-refractivity contribution in [3.05, 3.63) is 59.7 Å². The summed E-state index contributed by atoms with van der Waals surface area (Å²) in [6.07, 6.45) is 4.01. The molecule has 1 heterocycles. The first-order chi connectivity index (χ1) is 27.0. The Morgan fingerprint density at radius 2 is 1.54 bits per heavy atom. The molecule has 0 aliphatic carbocycles. The van der Waals surface area contributed by atoms with Gasteiger partial charge in [0.25, 0.3) is 0 Å². The van der Waals surface area contributed by atoms with Gasteiger partial charge in [-0.15, -0.1) is 0 Å². The SMILES string of the molecule is CCC(C)(CC1(C)CC(C)(C)C(=O)OCCC[Si](OC)(OC)OCCCOC1=O)C(=O)OCOc1ccc(C(=O)Oc2ccc(/C=C/C(=O)OC)cc2OC)cc1. The Balaban J connectivity index is 1.66. The average molecular weight is 817 g/mol. The highest BCUT2D eigenvalue weighted by Gasteiger charge is 2.50. The minimum absolute atomic E-state index is 0.0132. The van der Waals surface area contributed by atoms with Crippen molar-refractivity contribution in [3.8, 4) is 17.2 Å². The van der Waals surface area contributed by atoms with E-state index >= 15 is 0 Å². The Morgan fingerprint density at radius 3 is 2.18 bits per heavy atom. The van der Waals surface area contributed by atoms with Gasteiger partial charge in [-0.2, -0.15) is 0 Å². The highest BCUT2D eigenvalue weighted by molar-refractivity contribution is 6.60. The molecule has 1 saturated heterocycles. The third kappa shape index (κ3) is 13.1. The topological polar surface area (TPSA) is 178 Å². The second-order valence-corrected chi connectivity index (χ2v) is 17.7. The van der Waals surface area contributed by atoms with Gasteiger partial charge in [-0.3, -0.25) is 14.4 Å².